The largest absolute Gasteiger partial charge is 0.481 e. The van der Waals surface area contributed by atoms with E-state index in [4.69, 9.17) is 4.74 Å². The molecule has 5 nitrogen and oxygen atoms in total. The van der Waals surface area contributed by atoms with Crippen LogP contribution in [-0.4, -0.2) is 17.0 Å². The van der Waals surface area contributed by atoms with E-state index in [1.807, 2.05) is 30.3 Å². The van der Waals surface area contributed by atoms with Gasteiger partial charge in [0.2, 0.25) is 5.91 Å². The average Bonchev–Trinajstić information content (AvgIpc) is 2.70. The molecule has 2 aliphatic rings. The highest BCUT2D eigenvalue weighted by atomic mass is 79.9. The molecule has 122 valence electrons. The zero-order valence-electron chi connectivity index (χ0n) is 12.6. The molecule has 4 rings (SSSR count). The lowest BCUT2D eigenvalue weighted by molar-refractivity contribution is -0.144. The van der Waals surface area contributed by atoms with Gasteiger partial charge in [0, 0.05) is 16.5 Å². The summed E-state index contributed by atoms with van der Waals surface area (Å²) in [6, 6.07) is 12.2. The van der Waals surface area contributed by atoms with Gasteiger partial charge < -0.3 is 14.7 Å². The molecule has 1 amide bonds. The van der Waals surface area contributed by atoms with E-state index in [0.29, 0.717) is 23.6 Å². The minimum absolute atomic E-state index is 0.0860. The molecule has 0 aliphatic carbocycles. The van der Waals surface area contributed by atoms with Gasteiger partial charge >= 0.3 is 5.97 Å². The van der Waals surface area contributed by atoms with E-state index in [1.54, 1.807) is 17.0 Å². The van der Waals surface area contributed by atoms with Crippen molar-refractivity contribution in [3.05, 3.63) is 52.5 Å². The van der Waals surface area contributed by atoms with E-state index >= 15 is 0 Å². The van der Waals surface area contributed by atoms with E-state index in [-0.39, 0.29) is 12.3 Å². The molecule has 0 saturated carbocycles. The van der Waals surface area contributed by atoms with Crippen LogP contribution in [0.2, 0.25) is 0 Å². The molecule has 2 aromatic rings. The predicted octanol–water partition coefficient (Wildman–Crippen LogP) is 4.12. The van der Waals surface area contributed by atoms with Crippen LogP contribution < -0.4 is 9.64 Å². The number of carboxylic acids is 1. The Kier molecular flexibility index (Phi) is 3.57. The Morgan fingerprint density at radius 3 is 2.79 bits per heavy atom. The summed E-state index contributed by atoms with van der Waals surface area (Å²) < 4.78 is 6.82. The monoisotopic (exact) mass is 387 g/mol. The Hall–Kier alpha value is -2.34. The molecule has 6 heteroatoms. The highest BCUT2D eigenvalue weighted by Gasteiger charge is 2.45. The molecular formula is C18H14BrNO4. The fourth-order valence-electron chi connectivity index (χ4n) is 3.49. The number of carbonyl (C=O) groups is 2. The van der Waals surface area contributed by atoms with Crippen LogP contribution in [0.5, 0.6) is 11.5 Å². The smallest absolute Gasteiger partial charge is 0.308 e. The SMILES string of the molecule is O=C(O)[C@@H]1CCC(=O)N2c3cc(Br)ccc3Oc3ccccc3[C@H]12. The number of benzene rings is 2. The average molecular weight is 388 g/mol. The summed E-state index contributed by atoms with van der Waals surface area (Å²) in [5.41, 5.74) is 1.33. The van der Waals surface area contributed by atoms with Gasteiger partial charge in [0.15, 0.2) is 5.75 Å². The minimum Gasteiger partial charge on any atom is -0.481 e. The molecule has 2 aromatic carbocycles. The molecule has 0 aromatic heterocycles. The Balaban J connectivity index is 2.00. The Morgan fingerprint density at radius 2 is 2.00 bits per heavy atom. The lowest BCUT2D eigenvalue weighted by Gasteiger charge is -2.38. The van der Waals surface area contributed by atoms with Gasteiger partial charge in [-0.3, -0.25) is 9.59 Å². The molecule has 1 N–H and O–H groups in total. The number of carboxylic acid groups (broad SMARTS) is 1. The fraction of sp³-hybridized carbons (Fsp3) is 0.222. The quantitative estimate of drug-likeness (QED) is 0.798. The number of hydrogen-bond donors (Lipinski definition) is 1. The highest BCUT2D eigenvalue weighted by Crippen LogP contribution is 2.50. The number of hydrogen-bond acceptors (Lipinski definition) is 3. The maximum Gasteiger partial charge on any atom is 0.308 e. The van der Waals surface area contributed by atoms with Gasteiger partial charge in [-0.25, -0.2) is 0 Å². The van der Waals surface area contributed by atoms with E-state index in [1.165, 1.54) is 0 Å². The molecule has 2 atom stereocenters. The number of amides is 1. The summed E-state index contributed by atoms with van der Waals surface area (Å²) in [4.78, 5) is 26.1. The normalized spacial score (nSPS) is 21.9. The molecule has 0 spiro atoms. The summed E-state index contributed by atoms with van der Waals surface area (Å²) in [6.45, 7) is 0. The molecule has 1 saturated heterocycles. The lowest BCUT2D eigenvalue weighted by Crippen LogP contribution is -2.45. The highest BCUT2D eigenvalue weighted by molar-refractivity contribution is 9.10. The van der Waals surface area contributed by atoms with Crippen LogP contribution in [0.15, 0.2) is 46.9 Å². The number of para-hydroxylation sites is 1. The molecule has 24 heavy (non-hydrogen) atoms. The van der Waals surface area contributed by atoms with Gasteiger partial charge in [-0.15, -0.1) is 0 Å². The van der Waals surface area contributed by atoms with Crippen molar-refractivity contribution in [2.24, 2.45) is 5.92 Å². The van der Waals surface area contributed by atoms with Crippen molar-refractivity contribution < 1.29 is 19.4 Å². The number of rotatable bonds is 1. The summed E-state index contributed by atoms with van der Waals surface area (Å²) in [6.07, 6.45) is 0.536. The van der Waals surface area contributed by atoms with E-state index < -0.39 is 17.9 Å². The zero-order valence-corrected chi connectivity index (χ0v) is 14.2. The first-order valence-corrected chi connectivity index (χ1v) is 8.47. The van der Waals surface area contributed by atoms with Crippen molar-refractivity contribution in [3.63, 3.8) is 0 Å². The standard InChI is InChI=1S/C18H14BrNO4/c19-10-5-7-15-13(9-10)20-16(21)8-6-12(18(22)23)17(20)11-3-1-2-4-14(11)24-15/h1-5,7,9,12,17H,6,8H2,(H,22,23)/t12-,17-/m1/s1. The maximum absolute atomic E-state index is 12.7. The van der Waals surface area contributed by atoms with Gasteiger partial charge in [0.1, 0.15) is 5.75 Å². The van der Waals surface area contributed by atoms with Crippen molar-refractivity contribution in [1.82, 2.24) is 0 Å². The molecule has 0 unspecified atom stereocenters. The first kappa shape index (κ1) is 15.2. The maximum atomic E-state index is 12.7. The van der Waals surface area contributed by atoms with Crippen molar-refractivity contribution in [3.8, 4) is 11.5 Å². The van der Waals surface area contributed by atoms with Crippen LogP contribution in [0.1, 0.15) is 24.4 Å². The van der Waals surface area contributed by atoms with Crippen LogP contribution >= 0.6 is 15.9 Å². The second-order valence-corrected chi connectivity index (χ2v) is 6.86. The van der Waals surface area contributed by atoms with Gasteiger partial charge in [-0.05, 0) is 30.7 Å². The van der Waals surface area contributed by atoms with Crippen molar-refractivity contribution in [2.75, 3.05) is 4.90 Å². The number of nitrogens with zero attached hydrogens (tertiary/aromatic N) is 1. The molecule has 1 fully saturated rings. The van der Waals surface area contributed by atoms with E-state index in [2.05, 4.69) is 15.9 Å². The third-order valence-electron chi connectivity index (χ3n) is 4.55. The van der Waals surface area contributed by atoms with Crippen LogP contribution in [0.4, 0.5) is 5.69 Å². The number of carbonyl (C=O) groups excluding carboxylic acids is 1. The number of anilines is 1. The van der Waals surface area contributed by atoms with Crippen molar-refractivity contribution in [1.29, 1.82) is 0 Å². The van der Waals surface area contributed by atoms with Gasteiger partial charge in [-0.2, -0.15) is 0 Å². The van der Waals surface area contributed by atoms with Crippen molar-refractivity contribution in [2.45, 2.75) is 18.9 Å². The zero-order chi connectivity index (χ0) is 16.8. The minimum atomic E-state index is -0.897. The Morgan fingerprint density at radius 1 is 1.21 bits per heavy atom. The number of piperidine rings is 1. The van der Waals surface area contributed by atoms with Crippen LogP contribution in [-0.2, 0) is 9.59 Å². The first-order chi connectivity index (χ1) is 11.6. The number of ether oxygens (including phenoxy) is 1. The Labute approximate surface area is 147 Å². The molecule has 2 aliphatic heterocycles. The molecule has 0 bridgehead atoms. The van der Waals surface area contributed by atoms with Crippen LogP contribution in [0, 0.1) is 5.92 Å². The topological polar surface area (TPSA) is 66.8 Å². The lowest BCUT2D eigenvalue weighted by atomic mass is 9.83. The summed E-state index contributed by atoms with van der Waals surface area (Å²) in [7, 11) is 0. The molecule has 2 heterocycles. The summed E-state index contributed by atoms with van der Waals surface area (Å²) >= 11 is 3.42. The second kappa shape index (κ2) is 5.63. The van der Waals surface area contributed by atoms with Crippen LogP contribution in [0.25, 0.3) is 0 Å². The number of aliphatic carboxylic acids is 1. The van der Waals surface area contributed by atoms with Gasteiger partial charge in [0.05, 0.1) is 17.6 Å². The summed E-state index contributed by atoms with van der Waals surface area (Å²) in [5.74, 6) is -0.512. The first-order valence-electron chi connectivity index (χ1n) is 7.67. The summed E-state index contributed by atoms with van der Waals surface area (Å²) in [5, 5.41) is 9.70. The van der Waals surface area contributed by atoms with E-state index in [9.17, 15) is 14.7 Å². The van der Waals surface area contributed by atoms with E-state index in [0.717, 1.165) is 10.0 Å². The van der Waals surface area contributed by atoms with Crippen LogP contribution in [0.3, 0.4) is 0 Å². The number of halogens is 1. The second-order valence-electron chi connectivity index (χ2n) is 5.94. The van der Waals surface area contributed by atoms with Gasteiger partial charge in [0.25, 0.3) is 0 Å². The van der Waals surface area contributed by atoms with Gasteiger partial charge in [-0.1, -0.05) is 34.1 Å². The predicted molar refractivity (Wildman–Crippen MR) is 91.2 cm³/mol. The molecule has 0 radical (unpaired) electrons. The van der Waals surface area contributed by atoms with Crippen molar-refractivity contribution >= 4 is 33.5 Å². The number of fused-ring (bicyclic) bond motifs is 5. The third-order valence-corrected chi connectivity index (χ3v) is 5.05. The fourth-order valence-corrected chi connectivity index (χ4v) is 3.84. The Bertz CT molecular complexity index is 851. The third kappa shape index (κ3) is 2.29. The molecular weight excluding hydrogens is 374 g/mol.